The van der Waals surface area contributed by atoms with E-state index in [4.69, 9.17) is 5.73 Å². The van der Waals surface area contributed by atoms with E-state index in [1.807, 2.05) is 0 Å². The zero-order chi connectivity index (χ0) is 12.1. The van der Waals surface area contributed by atoms with E-state index in [-0.39, 0.29) is 5.54 Å². The lowest BCUT2D eigenvalue weighted by Crippen LogP contribution is -2.58. The van der Waals surface area contributed by atoms with Gasteiger partial charge in [-0.25, -0.2) is 0 Å². The molecule has 2 fully saturated rings. The maximum Gasteiger partial charge on any atom is 0.0474 e. The van der Waals surface area contributed by atoms with Gasteiger partial charge in [-0.15, -0.1) is 0 Å². The van der Waals surface area contributed by atoms with Gasteiger partial charge >= 0.3 is 0 Å². The highest BCUT2D eigenvalue weighted by Crippen LogP contribution is 2.31. The van der Waals surface area contributed by atoms with Gasteiger partial charge in [-0.3, -0.25) is 0 Å². The SMILES string of the molecule is NCC1(NC2CCCCC2CO)CCCCC1. The summed E-state index contributed by atoms with van der Waals surface area (Å²) in [7, 11) is 0. The zero-order valence-corrected chi connectivity index (χ0v) is 11.0. The zero-order valence-electron chi connectivity index (χ0n) is 11.0. The summed E-state index contributed by atoms with van der Waals surface area (Å²) in [5.41, 5.74) is 6.19. The molecule has 0 radical (unpaired) electrons. The number of hydrogen-bond donors (Lipinski definition) is 3. The summed E-state index contributed by atoms with van der Waals surface area (Å²) >= 11 is 0. The number of rotatable bonds is 4. The molecule has 2 atom stereocenters. The van der Waals surface area contributed by atoms with Crippen LogP contribution in [0.1, 0.15) is 57.8 Å². The molecular weight excluding hydrogens is 212 g/mol. The normalized spacial score (nSPS) is 33.5. The first-order valence-corrected chi connectivity index (χ1v) is 7.38. The lowest BCUT2D eigenvalue weighted by atomic mass is 9.78. The molecule has 0 bridgehead atoms. The van der Waals surface area contributed by atoms with E-state index in [2.05, 4.69) is 5.32 Å². The highest BCUT2D eigenvalue weighted by Gasteiger charge is 2.35. The molecule has 0 spiro atoms. The van der Waals surface area contributed by atoms with Crippen LogP contribution in [-0.2, 0) is 0 Å². The Morgan fingerprint density at radius 2 is 1.76 bits per heavy atom. The molecule has 17 heavy (non-hydrogen) atoms. The van der Waals surface area contributed by atoms with Crippen molar-refractivity contribution in [2.45, 2.75) is 69.4 Å². The first-order valence-electron chi connectivity index (χ1n) is 7.38. The van der Waals surface area contributed by atoms with Crippen LogP contribution in [0.15, 0.2) is 0 Å². The van der Waals surface area contributed by atoms with E-state index in [1.165, 1.54) is 57.8 Å². The van der Waals surface area contributed by atoms with E-state index in [9.17, 15) is 5.11 Å². The highest BCUT2D eigenvalue weighted by molar-refractivity contribution is 4.96. The number of aliphatic hydroxyl groups excluding tert-OH is 1. The second-order valence-corrected chi connectivity index (χ2v) is 6.02. The Morgan fingerprint density at radius 1 is 1.06 bits per heavy atom. The van der Waals surface area contributed by atoms with Crippen LogP contribution in [0, 0.1) is 5.92 Å². The predicted octanol–water partition coefficient (Wildman–Crippen LogP) is 1.79. The van der Waals surface area contributed by atoms with Gasteiger partial charge in [-0.05, 0) is 31.6 Å². The Kier molecular flexibility index (Phi) is 4.83. The van der Waals surface area contributed by atoms with Crippen LogP contribution in [0.4, 0.5) is 0 Å². The lowest BCUT2D eigenvalue weighted by molar-refractivity contribution is 0.113. The number of nitrogens with two attached hydrogens (primary N) is 1. The van der Waals surface area contributed by atoms with Crippen molar-refractivity contribution in [1.82, 2.24) is 5.32 Å². The van der Waals surface area contributed by atoms with Crippen LogP contribution < -0.4 is 11.1 Å². The molecule has 3 heteroatoms. The minimum absolute atomic E-state index is 0.174. The predicted molar refractivity (Wildman–Crippen MR) is 70.8 cm³/mol. The second kappa shape index (κ2) is 6.17. The molecule has 0 aromatic rings. The standard InChI is InChI=1S/C14H28N2O/c15-11-14(8-4-1-5-9-14)16-13-7-3-2-6-12(13)10-17/h12-13,16-17H,1-11,15H2. The maximum absolute atomic E-state index is 9.48. The summed E-state index contributed by atoms with van der Waals surface area (Å²) in [4.78, 5) is 0. The van der Waals surface area contributed by atoms with Crippen molar-refractivity contribution in [3.8, 4) is 0 Å². The van der Waals surface area contributed by atoms with Crippen LogP contribution in [0.3, 0.4) is 0 Å². The fourth-order valence-corrected chi connectivity index (χ4v) is 3.65. The minimum atomic E-state index is 0.174. The lowest BCUT2D eigenvalue weighted by Gasteiger charge is -2.43. The molecule has 2 aliphatic carbocycles. The summed E-state index contributed by atoms with van der Waals surface area (Å²) in [5.74, 6) is 0.453. The van der Waals surface area contributed by atoms with Gasteiger partial charge in [0, 0.05) is 24.7 Å². The molecule has 0 heterocycles. The van der Waals surface area contributed by atoms with Gasteiger partial charge in [0.2, 0.25) is 0 Å². The molecule has 4 N–H and O–H groups in total. The van der Waals surface area contributed by atoms with E-state index in [0.717, 1.165) is 6.54 Å². The largest absolute Gasteiger partial charge is 0.396 e. The Bertz CT molecular complexity index is 226. The summed E-state index contributed by atoms with van der Waals surface area (Å²) < 4.78 is 0. The van der Waals surface area contributed by atoms with Crippen molar-refractivity contribution >= 4 is 0 Å². The molecule has 0 aromatic heterocycles. The molecule has 2 saturated carbocycles. The average Bonchev–Trinajstić information content (AvgIpc) is 2.40. The third-order valence-electron chi connectivity index (χ3n) is 4.84. The Morgan fingerprint density at radius 3 is 2.41 bits per heavy atom. The van der Waals surface area contributed by atoms with E-state index in [0.29, 0.717) is 18.6 Å². The van der Waals surface area contributed by atoms with E-state index in [1.54, 1.807) is 0 Å². The third-order valence-corrected chi connectivity index (χ3v) is 4.84. The first-order chi connectivity index (χ1) is 8.29. The fourth-order valence-electron chi connectivity index (χ4n) is 3.65. The summed E-state index contributed by atoms with van der Waals surface area (Å²) in [6.07, 6.45) is 11.4. The van der Waals surface area contributed by atoms with Crippen molar-refractivity contribution in [3.63, 3.8) is 0 Å². The molecule has 0 saturated heterocycles. The molecule has 2 rings (SSSR count). The Balaban J connectivity index is 1.96. The highest BCUT2D eigenvalue weighted by atomic mass is 16.3. The second-order valence-electron chi connectivity index (χ2n) is 6.02. The monoisotopic (exact) mass is 240 g/mol. The first kappa shape index (κ1) is 13.3. The number of aliphatic hydroxyl groups is 1. The smallest absolute Gasteiger partial charge is 0.0474 e. The van der Waals surface area contributed by atoms with Gasteiger partial charge in [0.05, 0.1) is 0 Å². The van der Waals surface area contributed by atoms with Gasteiger partial charge in [0.25, 0.3) is 0 Å². The third kappa shape index (κ3) is 3.21. The maximum atomic E-state index is 9.48. The van der Waals surface area contributed by atoms with Crippen LogP contribution in [0.2, 0.25) is 0 Å². The van der Waals surface area contributed by atoms with E-state index >= 15 is 0 Å². The summed E-state index contributed by atoms with van der Waals surface area (Å²) in [5, 5.41) is 13.3. The number of nitrogens with one attached hydrogen (secondary N) is 1. The molecule has 100 valence electrons. The van der Waals surface area contributed by atoms with Gasteiger partial charge in [-0.1, -0.05) is 32.1 Å². The van der Waals surface area contributed by atoms with Crippen LogP contribution in [-0.4, -0.2) is 29.8 Å². The van der Waals surface area contributed by atoms with Crippen molar-refractivity contribution in [1.29, 1.82) is 0 Å². The van der Waals surface area contributed by atoms with Crippen LogP contribution in [0.25, 0.3) is 0 Å². The minimum Gasteiger partial charge on any atom is -0.396 e. The molecule has 3 nitrogen and oxygen atoms in total. The van der Waals surface area contributed by atoms with Crippen LogP contribution in [0.5, 0.6) is 0 Å². The van der Waals surface area contributed by atoms with Gasteiger partial charge in [0.15, 0.2) is 0 Å². The van der Waals surface area contributed by atoms with Crippen molar-refractivity contribution in [2.24, 2.45) is 11.7 Å². The number of hydrogen-bond acceptors (Lipinski definition) is 3. The van der Waals surface area contributed by atoms with Crippen molar-refractivity contribution in [2.75, 3.05) is 13.2 Å². The van der Waals surface area contributed by atoms with Gasteiger partial charge in [-0.2, -0.15) is 0 Å². The molecular formula is C14H28N2O. The fraction of sp³-hybridized carbons (Fsp3) is 1.00. The quantitative estimate of drug-likeness (QED) is 0.702. The average molecular weight is 240 g/mol. The van der Waals surface area contributed by atoms with E-state index < -0.39 is 0 Å². The summed E-state index contributed by atoms with van der Waals surface area (Å²) in [6, 6.07) is 0.496. The van der Waals surface area contributed by atoms with Crippen LogP contribution >= 0.6 is 0 Å². The molecule has 2 aliphatic rings. The summed E-state index contributed by atoms with van der Waals surface area (Å²) in [6.45, 7) is 1.08. The molecule has 0 aromatic carbocycles. The van der Waals surface area contributed by atoms with Gasteiger partial charge in [0.1, 0.15) is 0 Å². The topological polar surface area (TPSA) is 58.3 Å². The molecule has 0 aliphatic heterocycles. The molecule has 2 unspecified atom stereocenters. The van der Waals surface area contributed by atoms with Crippen molar-refractivity contribution in [3.05, 3.63) is 0 Å². The Labute approximate surface area is 105 Å². The van der Waals surface area contributed by atoms with Crippen molar-refractivity contribution < 1.29 is 5.11 Å². The molecule has 0 amide bonds. The van der Waals surface area contributed by atoms with Gasteiger partial charge < -0.3 is 16.2 Å². The Hall–Kier alpha value is -0.120.